The molecule has 1 atom stereocenters. The van der Waals surface area contributed by atoms with Crippen LogP contribution in [0, 0.1) is 13.8 Å². The van der Waals surface area contributed by atoms with E-state index in [9.17, 15) is 9.90 Å². The van der Waals surface area contributed by atoms with Crippen molar-refractivity contribution < 1.29 is 9.90 Å². The number of fused-ring (bicyclic) bond motifs is 1. The summed E-state index contributed by atoms with van der Waals surface area (Å²) in [7, 11) is 0. The summed E-state index contributed by atoms with van der Waals surface area (Å²) < 4.78 is 1.88. The number of rotatable bonds is 5. The molecule has 0 radical (unpaired) electrons. The molecule has 0 saturated heterocycles. The van der Waals surface area contributed by atoms with E-state index < -0.39 is 5.60 Å². The van der Waals surface area contributed by atoms with Crippen molar-refractivity contribution in [1.29, 1.82) is 0 Å². The smallest absolute Gasteiger partial charge is 0.255 e. The maximum atomic E-state index is 12.7. The number of hydrogen-bond donors (Lipinski definition) is 2. The van der Waals surface area contributed by atoms with Gasteiger partial charge in [-0.05, 0) is 50.7 Å². The van der Waals surface area contributed by atoms with Crippen molar-refractivity contribution in [3.8, 4) is 0 Å². The number of carbonyl (C=O) groups excluding carboxylic acids is 1. The molecule has 5 nitrogen and oxygen atoms in total. The predicted octanol–water partition coefficient (Wildman–Crippen LogP) is 2.86. The van der Waals surface area contributed by atoms with Crippen LogP contribution in [0.1, 0.15) is 59.1 Å². The highest BCUT2D eigenvalue weighted by Crippen LogP contribution is 2.34. The summed E-state index contributed by atoms with van der Waals surface area (Å²) in [4.78, 5) is 12.7. The molecule has 1 aliphatic rings. The van der Waals surface area contributed by atoms with Gasteiger partial charge in [-0.25, -0.2) is 0 Å². The average Bonchev–Trinajstić information content (AvgIpc) is 2.88. The van der Waals surface area contributed by atoms with E-state index in [1.54, 1.807) is 0 Å². The zero-order chi connectivity index (χ0) is 18.0. The molecule has 1 aliphatic carbocycles. The Hall–Kier alpha value is -2.14. The van der Waals surface area contributed by atoms with E-state index in [1.807, 2.05) is 36.7 Å². The van der Waals surface area contributed by atoms with Gasteiger partial charge in [-0.2, -0.15) is 5.10 Å². The third-order valence-electron chi connectivity index (χ3n) is 5.14. The first kappa shape index (κ1) is 17.7. The number of benzene rings is 1. The number of aliphatic hydroxyl groups is 1. The lowest BCUT2D eigenvalue weighted by Crippen LogP contribution is -2.43. The van der Waals surface area contributed by atoms with E-state index in [-0.39, 0.29) is 12.5 Å². The second kappa shape index (κ2) is 7.00. The molecule has 1 heterocycles. The highest BCUT2D eigenvalue weighted by molar-refractivity contribution is 5.96. The summed E-state index contributed by atoms with van der Waals surface area (Å²) >= 11 is 0. The predicted molar refractivity (Wildman–Crippen MR) is 97.6 cm³/mol. The molecule has 2 N–H and O–H groups in total. The monoisotopic (exact) mass is 341 g/mol. The van der Waals surface area contributed by atoms with Gasteiger partial charge >= 0.3 is 0 Å². The van der Waals surface area contributed by atoms with Crippen molar-refractivity contribution in [2.75, 3.05) is 6.54 Å². The molecular formula is C20H27N3O2. The van der Waals surface area contributed by atoms with Crippen molar-refractivity contribution in [2.45, 2.75) is 58.6 Å². The molecule has 5 heteroatoms. The Morgan fingerprint density at radius 1 is 1.36 bits per heavy atom. The lowest BCUT2D eigenvalue weighted by atomic mass is 9.79. The summed E-state index contributed by atoms with van der Waals surface area (Å²) in [6.07, 6.45) is 3.54. The van der Waals surface area contributed by atoms with Gasteiger partial charge in [-0.15, -0.1) is 0 Å². The summed E-state index contributed by atoms with van der Waals surface area (Å²) in [5, 5.41) is 18.5. The minimum atomic E-state index is -0.994. The number of aryl methyl sites for hydroxylation is 3. The third-order valence-corrected chi connectivity index (χ3v) is 5.14. The molecule has 0 aliphatic heterocycles. The Labute approximate surface area is 149 Å². The molecule has 0 bridgehead atoms. The van der Waals surface area contributed by atoms with Crippen molar-refractivity contribution in [2.24, 2.45) is 0 Å². The van der Waals surface area contributed by atoms with Crippen molar-refractivity contribution in [3.05, 3.63) is 52.3 Å². The summed E-state index contributed by atoms with van der Waals surface area (Å²) in [5.41, 5.74) is 3.37. The first-order chi connectivity index (χ1) is 12.0. The number of hydrogen-bond acceptors (Lipinski definition) is 3. The normalized spacial score (nSPS) is 19.5. The van der Waals surface area contributed by atoms with Gasteiger partial charge in [0.05, 0.1) is 17.8 Å². The topological polar surface area (TPSA) is 67.2 Å². The van der Waals surface area contributed by atoms with E-state index in [2.05, 4.69) is 23.4 Å². The van der Waals surface area contributed by atoms with Gasteiger partial charge in [-0.3, -0.25) is 9.48 Å². The SMILES string of the molecule is CCCn1nc(C)c(C(=O)NCC2(O)CCCc3ccccc32)c1C. The summed E-state index contributed by atoms with van der Waals surface area (Å²) in [5.74, 6) is -0.158. The first-order valence-corrected chi connectivity index (χ1v) is 9.09. The van der Waals surface area contributed by atoms with E-state index >= 15 is 0 Å². The van der Waals surface area contributed by atoms with Gasteiger partial charge in [0.25, 0.3) is 5.91 Å². The first-order valence-electron chi connectivity index (χ1n) is 9.09. The summed E-state index contributed by atoms with van der Waals surface area (Å²) in [6, 6.07) is 7.97. The Balaban J connectivity index is 1.77. The van der Waals surface area contributed by atoms with Crippen LogP contribution >= 0.6 is 0 Å². The summed E-state index contributed by atoms with van der Waals surface area (Å²) in [6.45, 7) is 6.90. The lowest BCUT2D eigenvalue weighted by molar-refractivity contribution is 0.0189. The zero-order valence-corrected chi connectivity index (χ0v) is 15.3. The van der Waals surface area contributed by atoms with Crippen molar-refractivity contribution >= 4 is 5.91 Å². The Bertz CT molecular complexity index is 781. The van der Waals surface area contributed by atoms with Gasteiger partial charge in [0.15, 0.2) is 0 Å². The number of nitrogens with one attached hydrogen (secondary N) is 1. The number of carbonyl (C=O) groups is 1. The molecule has 1 aromatic heterocycles. The van der Waals surface area contributed by atoms with Crippen LogP contribution in [0.4, 0.5) is 0 Å². The molecule has 1 aromatic carbocycles. The third kappa shape index (κ3) is 3.33. The Morgan fingerprint density at radius 3 is 2.88 bits per heavy atom. The minimum absolute atomic E-state index is 0.158. The van der Waals surface area contributed by atoms with E-state index in [0.29, 0.717) is 12.0 Å². The molecule has 1 unspecified atom stereocenters. The van der Waals surface area contributed by atoms with E-state index in [4.69, 9.17) is 0 Å². The van der Waals surface area contributed by atoms with Gasteiger partial charge in [0, 0.05) is 12.2 Å². The quantitative estimate of drug-likeness (QED) is 0.879. The molecule has 2 aromatic rings. The van der Waals surface area contributed by atoms with E-state index in [0.717, 1.165) is 42.8 Å². The number of amides is 1. The fraction of sp³-hybridized carbons (Fsp3) is 0.500. The molecule has 25 heavy (non-hydrogen) atoms. The van der Waals surface area contributed by atoms with Crippen molar-refractivity contribution in [3.63, 3.8) is 0 Å². The zero-order valence-electron chi connectivity index (χ0n) is 15.3. The van der Waals surface area contributed by atoms with Gasteiger partial charge in [-0.1, -0.05) is 31.2 Å². The van der Waals surface area contributed by atoms with Crippen LogP contribution in [-0.2, 0) is 18.6 Å². The molecule has 3 rings (SSSR count). The molecular weight excluding hydrogens is 314 g/mol. The molecule has 134 valence electrons. The fourth-order valence-electron chi connectivity index (χ4n) is 3.85. The fourth-order valence-corrected chi connectivity index (χ4v) is 3.85. The Kier molecular flexibility index (Phi) is 4.95. The van der Waals surface area contributed by atoms with Gasteiger partial charge < -0.3 is 10.4 Å². The van der Waals surface area contributed by atoms with Gasteiger partial charge in [0.1, 0.15) is 5.60 Å². The van der Waals surface area contributed by atoms with Crippen LogP contribution in [0.15, 0.2) is 24.3 Å². The highest BCUT2D eigenvalue weighted by atomic mass is 16.3. The second-order valence-corrected chi connectivity index (χ2v) is 6.99. The largest absolute Gasteiger partial charge is 0.383 e. The van der Waals surface area contributed by atoms with Crippen LogP contribution in [0.25, 0.3) is 0 Å². The molecule has 0 spiro atoms. The maximum absolute atomic E-state index is 12.7. The van der Waals surface area contributed by atoms with Crippen LogP contribution in [0.3, 0.4) is 0 Å². The van der Waals surface area contributed by atoms with Crippen LogP contribution in [-0.4, -0.2) is 27.3 Å². The number of nitrogens with zero attached hydrogens (tertiary/aromatic N) is 2. The lowest BCUT2D eigenvalue weighted by Gasteiger charge is -2.34. The average molecular weight is 341 g/mol. The van der Waals surface area contributed by atoms with Crippen LogP contribution in [0.5, 0.6) is 0 Å². The maximum Gasteiger partial charge on any atom is 0.255 e. The minimum Gasteiger partial charge on any atom is -0.383 e. The highest BCUT2D eigenvalue weighted by Gasteiger charge is 2.34. The molecule has 1 amide bonds. The molecule has 0 saturated carbocycles. The van der Waals surface area contributed by atoms with Crippen molar-refractivity contribution in [1.82, 2.24) is 15.1 Å². The van der Waals surface area contributed by atoms with Crippen LogP contribution in [0.2, 0.25) is 0 Å². The number of aromatic nitrogens is 2. The van der Waals surface area contributed by atoms with E-state index in [1.165, 1.54) is 5.56 Å². The van der Waals surface area contributed by atoms with Gasteiger partial charge in [0.2, 0.25) is 0 Å². The second-order valence-electron chi connectivity index (χ2n) is 6.99. The molecule has 0 fully saturated rings. The van der Waals surface area contributed by atoms with Crippen LogP contribution < -0.4 is 5.32 Å². The standard InChI is InChI=1S/C20H27N3O2/c1-4-12-23-15(3)18(14(2)22-23)19(24)21-13-20(25)11-7-9-16-8-5-6-10-17(16)20/h5-6,8,10,25H,4,7,9,11-13H2,1-3H3,(H,21,24). The Morgan fingerprint density at radius 2 is 2.12 bits per heavy atom.